The van der Waals surface area contributed by atoms with E-state index in [-0.39, 0.29) is 17.4 Å². The van der Waals surface area contributed by atoms with E-state index < -0.39 is 0 Å². The Morgan fingerprint density at radius 1 is 1.55 bits per heavy atom. The zero-order chi connectivity index (χ0) is 15.5. The van der Waals surface area contributed by atoms with E-state index in [4.69, 9.17) is 5.26 Å². The summed E-state index contributed by atoms with van der Waals surface area (Å²) in [5.41, 5.74) is 2.84. The Kier molecular flexibility index (Phi) is 3.41. The van der Waals surface area contributed by atoms with Gasteiger partial charge in [0.2, 0.25) is 5.82 Å². The van der Waals surface area contributed by atoms with Gasteiger partial charge >= 0.3 is 6.03 Å². The Morgan fingerprint density at radius 2 is 2.41 bits per heavy atom. The van der Waals surface area contributed by atoms with Crippen LogP contribution in [0, 0.1) is 11.3 Å². The molecule has 2 amide bonds. The molecule has 0 fully saturated rings. The number of carbonyl (C=O) groups excluding carboxylic acids is 1. The van der Waals surface area contributed by atoms with Gasteiger partial charge in [0.15, 0.2) is 0 Å². The zero-order valence-electron chi connectivity index (χ0n) is 11.7. The fraction of sp³-hybridized carbons (Fsp3) is 0.154. The second-order valence-electron chi connectivity index (χ2n) is 4.61. The lowest BCUT2D eigenvalue weighted by Gasteiger charge is -2.27. The lowest BCUT2D eigenvalue weighted by molar-refractivity contribution is 0.246. The predicted molar refractivity (Wildman–Crippen MR) is 78.5 cm³/mol. The molecule has 0 saturated carbocycles. The minimum absolute atomic E-state index is 0.148. The fourth-order valence-corrected chi connectivity index (χ4v) is 2.09. The number of nitriles is 1. The molecule has 1 aliphatic rings. The van der Waals surface area contributed by atoms with Crippen molar-refractivity contribution < 1.29 is 4.79 Å². The first-order chi connectivity index (χ1) is 10.7. The maximum absolute atomic E-state index is 11.6. The Bertz CT molecular complexity index is 774. The van der Waals surface area contributed by atoms with Crippen LogP contribution in [0.2, 0.25) is 0 Å². The lowest BCUT2D eigenvalue weighted by Crippen LogP contribution is -2.41. The summed E-state index contributed by atoms with van der Waals surface area (Å²) in [4.78, 5) is 13.2. The maximum Gasteiger partial charge on any atom is 0.321 e. The number of fused-ring (bicyclic) bond motifs is 1. The van der Waals surface area contributed by atoms with Gasteiger partial charge in [-0.3, -0.25) is 4.90 Å². The molecule has 22 heavy (non-hydrogen) atoms. The van der Waals surface area contributed by atoms with E-state index in [1.165, 1.54) is 11.1 Å². The average Bonchev–Trinajstić information content (AvgIpc) is 3.06. The molecule has 0 atom stereocenters. The van der Waals surface area contributed by atoms with E-state index >= 15 is 0 Å². The van der Waals surface area contributed by atoms with Crippen LogP contribution < -0.4 is 15.5 Å². The first-order valence-electron chi connectivity index (χ1n) is 6.44. The summed E-state index contributed by atoms with van der Waals surface area (Å²) >= 11 is 0. The Hall–Kier alpha value is -3.41. The minimum Gasteiger partial charge on any atom is -0.360 e. The molecule has 1 aromatic heterocycles. The van der Waals surface area contributed by atoms with Crippen molar-refractivity contribution in [3.8, 4) is 6.07 Å². The van der Waals surface area contributed by atoms with Crippen molar-refractivity contribution in [1.29, 1.82) is 5.26 Å². The van der Waals surface area contributed by atoms with Crippen LogP contribution in [0.5, 0.6) is 0 Å². The number of amides is 2. The van der Waals surface area contributed by atoms with Crippen molar-refractivity contribution in [1.82, 2.24) is 25.9 Å². The summed E-state index contributed by atoms with van der Waals surface area (Å²) in [6.45, 7) is 0.501. The van der Waals surface area contributed by atoms with Crippen LogP contribution in [0.3, 0.4) is 0 Å². The van der Waals surface area contributed by atoms with Gasteiger partial charge in [0.25, 0.3) is 0 Å². The van der Waals surface area contributed by atoms with Crippen molar-refractivity contribution in [2.75, 3.05) is 17.3 Å². The monoisotopic (exact) mass is 296 g/mol. The number of nitrogens with zero attached hydrogens (tertiary/aromatic N) is 5. The molecule has 1 aliphatic heterocycles. The van der Waals surface area contributed by atoms with Gasteiger partial charge in [0.05, 0.1) is 5.69 Å². The van der Waals surface area contributed by atoms with Crippen LogP contribution >= 0.6 is 0 Å². The number of nitrogens with one attached hydrogen (secondary N) is 3. The second kappa shape index (κ2) is 5.53. The molecule has 2 aromatic rings. The molecule has 9 nitrogen and oxygen atoms in total. The molecule has 110 valence electrons. The number of allylic oxidation sites excluding steroid dienone is 1. The zero-order valence-corrected chi connectivity index (χ0v) is 11.7. The molecule has 3 rings (SSSR count). The number of aromatic nitrogens is 4. The largest absolute Gasteiger partial charge is 0.360 e. The van der Waals surface area contributed by atoms with E-state index in [2.05, 4.69) is 31.3 Å². The summed E-state index contributed by atoms with van der Waals surface area (Å²) in [6, 6.07) is 7.47. The maximum atomic E-state index is 11.6. The van der Waals surface area contributed by atoms with Crippen LogP contribution in [0.25, 0.3) is 5.57 Å². The summed E-state index contributed by atoms with van der Waals surface area (Å²) in [6.07, 6.45) is 1.50. The van der Waals surface area contributed by atoms with Crippen molar-refractivity contribution in [3.05, 3.63) is 35.8 Å². The quantitative estimate of drug-likeness (QED) is 0.721. The van der Waals surface area contributed by atoms with Crippen LogP contribution in [-0.2, 0) is 6.54 Å². The Morgan fingerprint density at radius 3 is 3.14 bits per heavy atom. The third-order valence-corrected chi connectivity index (χ3v) is 3.27. The molecule has 0 radical (unpaired) electrons. The molecular weight excluding hydrogens is 284 g/mol. The van der Waals surface area contributed by atoms with Gasteiger partial charge in [-0.15, -0.1) is 10.2 Å². The summed E-state index contributed by atoms with van der Waals surface area (Å²) < 4.78 is 0. The van der Waals surface area contributed by atoms with E-state index in [0.29, 0.717) is 6.54 Å². The molecule has 0 saturated heterocycles. The smallest absolute Gasteiger partial charge is 0.321 e. The molecule has 3 N–H and O–H groups in total. The minimum atomic E-state index is -0.148. The Balaban J connectivity index is 1.85. The van der Waals surface area contributed by atoms with Crippen LogP contribution in [0.15, 0.2) is 24.4 Å². The molecule has 0 unspecified atom stereocenters. The molecule has 0 spiro atoms. The van der Waals surface area contributed by atoms with Crippen molar-refractivity contribution >= 4 is 23.0 Å². The van der Waals surface area contributed by atoms with E-state index in [1.807, 2.05) is 24.3 Å². The molecule has 9 heteroatoms. The van der Waals surface area contributed by atoms with Gasteiger partial charge < -0.3 is 10.6 Å². The highest BCUT2D eigenvalue weighted by atomic mass is 16.2. The number of H-pyrrole nitrogens is 1. The number of urea groups is 1. The molecule has 2 heterocycles. The third-order valence-electron chi connectivity index (χ3n) is 3.27. The van der Waals surface area contributed by atoms with Gasteiger partial charge in [-0.05, 0) is 22.9 Å². The summed E-state index contributed by atoms with van der Waals surface area (Å²) in [7, 11) is 1.70. The lowest BCUT2D eigenvalue weighted by atomic mass is 10.1. The molecular formula is C13H12N8O. The molecule has 0 aliphatic carbocycles. The van der Waals surface area contributed by atoms with Crippen LogP contribution in [-0.4, -0.2) is 33.7 Å². The number of aromatic amines is 1. The van der Waals surface area contributed by atoms with Crippen molar-refractivity contribution in [3.63, 3.8) is 0 Å². The van der Waals surface area contributed by atoms with Gasteiger partial charge in [-0.25, -0.2) is 4.79 Å². The first kappa shape index (κ1) is 13.6. The third kappa shape index (κ3) is 2.45. The molecule has 1 aromatic carbocycles. The standard InChI is InChI=1S/C13H12N8O/c1-21-11-4-10(3-2-8(11)6-16-13(21)22)15-7-9(5-14)12-17-19-20-18-12/h2-4,7,15H,6H2,1H3,(H,16,22)(H,17,18,19,20). The SMILES string of the molecule is CN1C(=O)NCc2ccc(NC=C(C#N)c3nn[nH]n3)cc21. The topological polar surface area (TPSA) is 123 Å². The Labute approximate surface area is 125 Å². The van der Waals surface area contributed by atoms with Crippen LogP contribution in [0.4, 0.5) is 16.2 Å². The van der Waals surface area contributed by atoms with Crippen LogP contribution in [0.1, 0.15) is 11.4 Å². The summed E-state index contributed by atoms with van der Waals surface area (Å²) in [5.74, 6) is 0.212. The highest BCUT2D eigenvalue weighted by molar-refractivity contribution is 5.95. The number of hydrogen-bond acceptors (Lipinski definition) is 6. The van der Waals surface area contributed by atoms with E-state index in [0.717, 1.165) is 16.9 Å². The second-order valence-corrected chi connectivity index (χ2v) is 4.61. The number of benzene rings is 1. The van der Waals surface area contributed by atoms with Gasteiger partial charge in [0, 0.05) is 25.5 Å². The summed E-state index contributed by atoms with van der Waals surface area (Å²) in [5, 5.41) is 28.1. The number of anilines is 2. The number of rotatable bonds is 3. The van der Waals surface area contributed by atoms with E-state index in [1.54, 1.807) is 7.05 Å². The number of carbonyl (C=O) groups is 1. The predicted octanol–water partition coefficient (Wildman–Crippen LogP) is 0.836. The van der Waals surface area contributed by atoms with Gasteiger partial charge in [-0.2, -0.15) is 10.5 Å². The van der Waals surface area contributed by atoms with Gasteiger partial charge in [-0.1, -0.05) is 6.07 Å². The van der Waals surface area contributed by atoms with E-state index in [9.17, 15) is 4.79 Å². The number of tetrazole rings is 1. The highest BCUT2D eigenvalue weighted by Gasteiger charge is 2.20. The average molecular weight is 296 g/mol. The molecule has 0 bridgehead atoms. The van der Waals surface area contributed by atoms with Crippen molar-refractivity contribution in [2.45, 2.75) is 6.54 Å². The normalized spacial score (nSPS) is 14.1. The highest BCUT2D eigenvalue weighted by Crippen LogP contribution is 2.27. The van der Waals surface area contributed by atoms with Crippen molar-refractivity contribution in [2.24, 2.45) is 0 Å². The van der Waals surface area contributed by atoms with Gasteiger partial charge in [0.1, 0.15) is 11.6 Å². The first-order valence-corrected chi connectivity index (χ1v) is 6.44. The fourth-order valence-electron chi connectivity index (χ4n) is 2.09. The number of hydrogen-bond donors (Lipinski definition) is 3.